The monoisotopic (exact) mass is 726 g/mol. The van der Waals surface area contributed by atoms with Crippen molar-refractivity contribution < 1.29 is 23.5 Å². The molecule has 4 aromatic carbocycles. The van der Waals surface area contributed by atoms with Crippen molar-refractivity contribution in [3.63, 3.8) is 0 Å². The molecule has 0 radical (unpaired) electrons. The molecule has 7 nitrogen and oxygen atoms in total. The van der Waals surface area contributed by atoms with Crippen molar-refractivity contribution in [2.75, 3.05) is 24.3 Å². The Morgan fingerprint density at radius 2 is 1.38 bits per heavy atom. The first kappa shape index (κ1) is 37.4. The second kappa shape index (κ2) is 17.5. The zero-order valence-electron chi connectivity index (χ0n) is 30.8. The molecular formula is C45H46N2O5S. The van der Waals surface area contributed by atoms with Gasteiger partial charge < -0.3 is 19.2 Å². The number of carbonyl (C=O) groups excluding carboxylic acids is 2. The molecule has 1 N–H and O–H groups in total. The lowest BCUT2D eigenvalue weighted by molar-refractivity contribution is -0.144. The number of aryl methyl sites for hydroxylation is 4. The molecular weight excluding hydrogens is 681 g/mol. The highest BCUT2D eigenvalue weighted by molar-refractivity contribution is 7.80. The molecule has 4 aromatic rings. The summed E-state index contributed by atoms with van der Waals surface area (Å²) in [5.41, 5.74) is 11.3. The average molecular weight is 727 g/mol. The van der Waals surface area contributed by atoms with Gasteiger partial charge in [-0.2, -0.15) is 12.6 Å². The van der Waals surface area contributed by atoms with Gasteiger partial charge in [0.1, 0.15) is 24.6 Å². The summed E-state index contributed by atoms with van der Waals surface area (Å²) >= 11 is 4.07. The number of carbonyl (C=O) groups is 2. The first-order valence-electron chi connectivity index (χ1n) is 18.5. The third-order valence-corrected chi connectivity index (χ3v) is 9.71. The van der Waals surface area contributed by atoms with E-state index in [1.807, 2.05) is 48.5 Å². The van der Waals surface area contributed by atoms with E-state index in [4.69, 9.17) is 18.9 Å². The number of fused-ring (bicyclic) bond motifs is 2. The molecule has 272 valence electrons. The van der Waals surface area contributed by atoms with Gasteiger partial charge in [0.25, 0.3) is 0 Å². The minimum atomic E-state index is -0.510. The number of para-hydroxylation sites is 2. The molecule has 1 heterocycles. The molecule has 0 saturated heterocycles. The number of benzene rings is 5. The van der Waals surface area contributed by atoms with Crippen LogP contribution in [0.4, 0.5) is 17.1 Å². The summed E-state index contributed by atoms with van der Waals surface area (Å²) in [6.07, 6.45) is 3.76. The molecule has 53 heavy (non-hydrogen) atoms. The maximum Gasteiger partial charge on any atom is 0.338 e. The Hall–Kier alpha value is -5.34. The first-order valence-corrected chi connectivity index (χ1v) is 19.1. The number of hydrogen-bond acceptors (Lipinski definition) is 8. The van der Waals surface area contributed by atoms with Crippen LogP contribution in [-0.4, -0.2) is 30.9 Å². The number of ether oxygens (including phenoxy) is 2. The largest absolute Gasteiger partial charge is 0.462 e. The molecule has 1 aliphatic carbocycles. The van der Waals surface area contributed by atoms with Gasteiger partial charge in [0.2, 0.25) is 0 Å². The lowest BCUT2D eigenvalue weighted by Gasteiger charge is -2.19. The van der Waals surface area contributed by atoms with E-state index in [0.29, 0.717) is 28.2 Å². The minimum Gasteiger partial charge on any atom is -0.462 e. The Balaban J connectivity index is 1.50. The Morgan fingerprint density at radius 3 is 2.06 bits per heavy atom. The number of rotatable bonds is 14. The number of thiol groups is 1. The molecule has 1 aliphatic heterocycles. The van der Waals surface area contributed by atoms with E-state index < -0.39 is 5.97 Å². The average Bonchev–Trinajstić information content (AvgIpc) is 3.18. The number of esters is 2. The van der Waals surface area contributed by atoms with Gasteiger partial charge >= 0.3 is 11.9 Å². The fourth-order valence-electron chi connectivity index (χ4n) is 6.76. The summed E-state index contributed by atoms with van der Waals surface area (Å²) in [5, 5.41) is 5.32. The standard InChI is InChI=1S/C45H46N2O5S/c1-5-29-13-11-14-30(6-2)43(29)46-33-19-21-37-39(27-33)52-40-28-34(47-44-31(7-3)15-12-16-32(44)8-4)20-22-38(40)42(37)35-17-9-10-18-36(35)45(49)51-25-24-50-41(48)23-26-53/h9-22,27-28,46,53H,5-8,23-26H2,1-4H3. The van der Waals surface area contributed by atoms with E-state index in [1.54, 1.807) is 6.07 Å². The summed E-state index contributed by atoms with van der Waals surface area (Å²) in [4.78, 5) is 30.6. The van der Waals surface area contributed by atoms with Crippen LogP contribution in [0.5, 0.6) is 0 Å². The number of nitrogens with zero attached hydrogens (tertiary/aromatic N) is 1. The van der Waals surface area contributed by atoms with E-state index >= 15 is 0 Å². The van der Waals surface area contributed by atoms with E-state index in [9.17, 15) is 9.59 Å². The fourth-order valence-corrected chi connectivity index (χ4v) is 6.94. The van der Waals surface area contributed by atoms with Gasteiger partial charge in [-0.15, -0.1) is 0 Å². The van der Waals surface area contributed by atoms with Gasteiger partial charge in [-0.25, -0.2) is 9.79 Å². The van der Waals surface area contributed by atoms with E-state index in [2.05, 4.69) is 88.1 Å². The second-order valence-electron chi connectivity index (χ2n) is 12.8. The fraction of sp³-hybridized carbons (Fsp3) is 0.267. The number of hydrogen-bond donors (Lipinski definition) is 2. The molecule has 0 atom stereocenters. The predicted molar refractivity (Wildman–Crippen MR) is 217 cm³/mol. The van der Waals surface area contributed by atoms with E-state index in [-0.39, 0.29) is 25.6 Å². The smallest absolute Gasteiger partial charge is 0.338 e. The van der Waals surface area contributed by atoms with Crippen LogP contribution < -0.4 is 10.7 Å². The van der Waals surface area contributed by atoms with Crippen LogP contribution in [0.15, 0.2) is 106 Å². The highest BCUT2D eigenvalue weighted by Gasteiger charge is 2.23. The summed E-state index contributed by atoms with van der Waals surface area (Å²) < 4.78 is 17.5. The molecule has 0 amide bonds. The zero-order chi connectivity index (χ0) is 37.3. The van der Waals surface area contributed by atoms with Crippen molar-refractivity contribution in [1.82, 2.24) is 0 Å². The van der Waals surface area contributed by atoms with Crippen molar-refractivity contribution in [3.8, 4) is 22.5 Å². The lowest BCUT2D eigenvalue weighted by Crippen LogP contribution is -2.15. The molecule has 6 rings (SSSR count). The molecule has 8 heteroatoms. The Kier molecular flexibility index (Phi) is 12.3. The maximum atomic E-state index is 13.6. The van der Waals surface area contributed by atoms with Gasteiger partial charge in [-0.3, -0.25) is 4.79 Å². The first-order chi connectivity index (χ1) is 25.9. The van der Waals surface area contributed by atoms with Crippen LogP contribution >= 0.6 is 12.6 Å². The normalized spacial score (nSPS) is 11.6. The molecule has 0 saturated carbocycles. The lowest BCUT2D eigenvalue weighted by atomic mass is 9.90. The summed E-state index contributed by atoms with van der Waals surface area (Å²) in [5.74, 6) is 0.141. The van der Waals surface area contributed by atoms with Gasteiger partial charge in [0.05, 0.1) is 23.0 Å². The van der Waals surface area contributed by atoms with Crippen LogP contribution in [0.2, 0.25) is 0 Å². The quantitative estimate of drug-likeness (QED) is 0.0503. The molecule has 2 aliphatic rings. The van der Waals surface area contributed by atoms with Crippen LogP contribution in [0, 0.1) is 0 Å². The highest BCUT2D eigenvalue weighted by atomic mass is 32.1. The van der Waals surface area contributed by atoms with Crippen molar-refractivity contribution in [3.05, 3.63) is 130 Å². The Bertz CT molecular complexity index is 2250. The predicted octanol–water partition coefficient (Wildman–Crippen LogP) is 10.5. The third-order valence-electron chi connectivity index (χ3n) is 9.49. The Labute approximate surface area is 316 Å². The van der Waals surface area contributed by atoms with Gasteiger partial charge in [-0.05, 0) is 83.8 Å². The van der Waals surface area contributed by atoms with Gasteiger partial charge in [-0.1, -0.05) is 82.3 Å². The van der Waals surface area contributed by atoms with Crippen molar-refractivity contribution in [2.45, 2.75) is 59.8 Å². The van der Waals surface area contributed by atoms with Crippen molar-refractivity contribution in [1.29, 1.82) is 0 Å². The SMILES string of the molecule is CCc1cccc(CC)c1N=c1ccc2c(-c3ccccc3C(=O)OCCOC(=O)CCS)c3ccc(Nc4c(CC)cccc4CC)cc3oc-2c1. The zero-order valence-corrected chi connectivity index (χ0v) is 31.7. The molecule has 0 bridgehead atoms. The molecule has 0 aromatic heterocycles. The third kappa shape index (κ3) is 8.34. The number of anilines is 2. The van der Waals surface area contributed by atoms with Crippen LogP contribution in [0.3, 0.4) is 0 Å². The molecule has 0 unspecified atom stereocenters. The van der Waals surface area contributed by atoms with Gasteiger partial charge in [0.15, 0.2) is 0 Å². The summed E-state index contributed by atoms with van der Waals surface area (Å²) in [7, 11) is 0. The second-order valence-corrected chi connectivity index (χ2v) is 13.2. The van der Waals surface area contributed by atoms with Crippen LogP contribution in [0.1, 0.15) is 66.7 Å². The number of nitrogens with one attached hydrogen (secondary N) is 1. The Morgan fingerprint density at radius 1 is 0.717 bits per heavy atom. The minimum absolute atomic E-state index is 0.0273. The van der Waals surface area contributed by atoms with E-state index in [0.717, 1.165) is 64.6 Å². The van der Waals surface area contributed by atoms with Crippen molar-refractivity contribution in [2.24, 2.45) is 4.99 Å². The van der Waals surface area contributed by atoms with Crippen LogP contribution in [0.25, 0.3) is 33.4 Å². The maximum absolute atomic E-state index is 13.6. The van der Waals surface area contributed by atoms with Crippen LogP contribution in [-0.2, 0) is 40.0 Å². The summed E-state index contributed by atoms with van der Waals surface area (Å²) in [6.45, 7) is 8.54. The molecule has 0 fully saturated rings. The van der Waals surface area contributed by atoms with Crippen molar-refractivity contribution >= 4 is 52.6 Å². The van der Waals surface area contributed by atoms with E-state index in [1.165, 1.54) is 22.3 Å². The summed E-state index contributed by atoms with van der Waals surface area (Å²) in [6, 6.07) is 32.3. The topological polar surface area (TPSA) is 90.1 Å². The van der Waals surface area contributed by atoms with Gasteiger partial charge in [0, 0.05) is 45.8 Å². The molecule has 0 spiro atoms. The highest BCUT2D eigenvalue weighted by Crippen LogP contribution is 2.42.